The number of amides is 1. The van der Waals surface area contributed by atoms with Crippen LogP contribution in [0.2, 0.25) is 0 Å². The van der Waals surface area contributed by atoms with Gasteiger partial charge in [0.05, 0.1) is 19.3 Å². The molecule has 0 fully saturated rings. The van der Waals surface area contributed by atoms with Crippen LogP contribution < -0.4 is 16.1 Å². The predicted octanol–water partition coefficient (Wildman–Crippen LogP) is 0.184. The van der Waals surface area contributed by atoms with Crippen molar-refractivity contribution in [3.05, 3.63) is 45.7 Å². The Bertz CT molecular complexity index is 1010. The summed E-state index contributed by atoms with van der Waals surface area (Å²) in [6, 6.07) is 7.52. The average Bonchev–Trinajstić information content (AvgIpc) is 3.33. The van der Waals surface area contributed by atoms with E-state index in [1.54, 1.807) is 6.21 Å². The Labute approximate surface area is 175 Å². The number of nitrogens with zero attached hydrogens (tertiary/aromatic N) is 6. The van der Waals surface area contributed by atoms with E-state index >= 15 is 0 Å². The van der Waals surface area contributed by atoms with E-state index in [0.29, 0.717) is 12.2 Å². The highest BCUT2D eigenvalue weighted by Crippen LogP contribution is 2.15. The Hall–Kier alpha value is -3.12. The van der Waals surface area contributed by atoms with Crippen LogP contribution in [-0.2, 0) is 6.54 Å². The molecule has 152 valence electrons. The summed E-state index contributed by atoms with van der Waals surface area (Å²) in [6.07, 6.45) is 1.54. The normalized spacial score (nSPS) is 11.4. The van der Waals surface area contributed by atoms with Crippen molar-refractivity contribution in [1.82, 2.24) is 30.7 Å². The number of anilines is 1. The Kier molecular flexibility index (Phi) is 6.67. The number of benzene rings is 1. The van der Waals surface area contributed by atoms with E-state index < -0.39 is 5.91 Å². The third kappa shape index (κ3) is 4.66. The molecule has 11 nitrogen and oxygen atoms in total. The number of rotatable bonds is 8. The SMILES string of the molecule is CC[NH+](CC)Cc1c(C(=O)N/N=C\c2ccccc2Br)nnn1-c1nonc1N. The van der Waals surface area contributed by atoms with E-state index in [-0.39, 0.29) is 17.3 Å². The minimum Gasteiger partial charge on any atom is -0.378 e. The number of nitrogens with one attached hydrogen (secondary N) is 2. The summed E-state index contributed by atoms with van der Waals surface area (Å²) in [7, 11) is 0. The molecule has 2 aromatic heterocycles. The number of nitrogens with two attached hydrogens (primary N) is 1. The van der Waals surface area contributed by atoms with Gasteiger partial charge in [-0.3, -0.25) is 4.79 Å². The molecule has 4 N–H and O–H groups in total. The number of hydrogen-bond acceptors (Lipinski definition) is 8. The van der Waals surface area contributed by atoms with Crippen LogP contribution in [-0.4, -0.2) is 50.5 Å². The van der Waals surface area contributed by atoms with E-state index in [0.717, 1.165) is 23.1 Å². The molecule has 0 radical (unpaired) electrons. The van der Waals surface area contributed by atoms with Gasteiger partial charge in [0.15, 0.2) is 5.69 Å². The summed E-state index contributed by atoms with van der Waals surface area (Å²) < 4.78 is 6.90. The van der Waals surface area contributed by atoms with Crippen LogP contribution in [0.1, 0.15) is 35.6 Å². The van der Waals surface area contributed by atoms with Crippen molar-refractivity contribution in [1.29, 1.82) is 0 Å². The van der Waals surface area contributed by atoms with Crippen molar-refractivity contribution in [2.45, 2.75) is 20.4 Å². The highest BCUT2D eigenvalue weighted by molar-refractivity contribution is 9.10. The standard InChI is InChI=1S/C17H20BrN9O2/c1-3-26(4-2)10-13-14(21-25-27(13)16-15(19)23-29-24-16)17(28)22-20-9-11-7-5-6-8-12(11)18/h5-9H,3-4,10H2,1-2H3,(H2,19,23)(H,22,28)/p+1/b20-9-. The van der Waals surface area contributed by atoms with Gasteiger partial charge in [-0.25, -0.2) is 10.1 Å². The second-order valence-electron chi connectivity index (χ2n) is 6.12. The summed E-state index contributed by atoms with van der Waals surface area (Å²) in [5.41, 5.74) is 9.78. The number of carbonyl (C=O) groups is 1. The smallest absolute Gasteiger partial charge is 0.294 e. The van der Waals surface area contributed by atoms with Gasteiger partial charge in [-0.15, -0.1) is 5.10 Å². The highest BCUT2D eigenvalue weighted by atomic mass is 79.9. The molecule has 0 aliphatic carbocycles. The topological polar surface area (TPSA) is 142 Å². The van der Waals surface area contributed by atoms with Gasteiger partial charge in [-0.05, 0) is 30.2 Å². The zero-order valence-electron chi connectivity index (χ0n) is 16.0. The number of aromatic nitrogens is 5. The lowest BCUT2D eigenvalue weighted by Crippen LogP contribution is -3.10. The van der Waals surface area contributed by atoms with Crippen molar-refractivity contribution in [3.8, 4) is 5.82 Å². The second-order valence-corrected chi connectivity index (χ2v) is 6.98. The Morgan fingerprint density at radius 1 is 1.34 bits per heavy atom. The highest BCUT2D eigenvalue weighted by Gasteiger charge is 2.26. The fourth-order valence-electron chi connectivity index (χ4n) is 2.67. The van der Waals surface area contributed by atoms with Crippen LogP contribution in [0.15, 0.2) is 38.5 Å². The van der Waals surface area contributed by atoms with Crippen LogP contribution in [0.5, 0.6) is 0 Å². The van der Waals surface area contributed by atoms with Crippen LogP contribution in [0, 0.1) is 0 Å². The molecule has 3 rings (SSSR count). The molecule has 0 spiro atoms. The number of hydrazone groups is 1. The fourth-order valence-corrected chi connectivity index (χ4v) is 3.06. The maximum atomic E-state index is 12.7. The van der Waals surface area contributed by atoms with Gasteiger partial charge >= 0.3 is 0 Å². The number of carbonyl (C=O) groups excluding carboxylic acids is 1. The lowest BCUT2D eigenvalue weighted by Gasteiger charge is -2.15. The maximum absolute atomic E-state index is 12.7. The molecule has 0 saturated carbocycles. The Morgan fingerprint density at radius 3 is 2.76 bits per heavy atom. The first-order chi connectivity index (χ1) is 14.0. The molecule has 0 bridgehead atoms. The molecule has 0 aliphatic rings. The molecular formula is C17H21BrN9O2+. The predicted molar refractivity (Wildman–Crippen MR) is 109 cm³/mol. The summed E-state index contributed by atoms with van der Waals surface area (Å²) in [5, 5.41) is 19.4. The molecule has 0 saturated heterocycles. The summed E-state index contributed by atoms with van der Waals surface area (Å²) >= 11 is 3.43. The molecule has 1 amide bonds. The zero-order chi connectivity index (χ0) is 20.8. The molecule has 12 heteroatoms. The lowest BCUT2D eigenvalue weighted by atomic mass is 10.2. The first-order valence-corrected chi connectivity index (χ1v) is 9.78. The number of quaternary nitrogens is 1. The van der Waals surface area contributed by atoms with E-state index in [9.17, 15) is 4.79 Å². The minimum atomic E-state index is -0.490. The van der Waals surface area contributed by atoms with Crippen LogP contribution in [0.4, 0.5) is 5.82 Å². The quantitative estimate of drug-likeness (QED) is 0.320. The zero-order valence-corrected chi connectivity index (χ0v) is 17.5. The molecule has 0 unspecified atom stereocenters. The van der Waals surface area contributed by atoms with Gasteiger partial charge < -0.3 is 10.6 Å². The number of nitrogen functional groups attached to an aromatic ring is 1. The van der Waals surface area contributed by atoms with Crippen LogP contribution >= 0.6 is 15.9 Å². The van der Waals surface area contributed by atoms with Gasteiger partial charge in [0.2, 0.25) is 11.6 Å². The van der Waals surface area contributed by atoms with Crippen molar-refractivity contribution in [2.24, 2.45) is 5.10 Å². The third-order valence-corrected chi connectivity index (χ3v) is 5.09. The van der Waals surface area contributed by atoms with Gasteiger partial charge in [0, 0.05) is 10.0 Å². The minimum absolute atomic E-state index is 0.0598. The summed E-state index contributed by atoms with van der Waals surface area (Å²) in [6.45, 7) is 6.31. The van der Waals surface area contributed by atoms with Crippen LogP contribution in [0.25, 0.3) is 5.82 Å². The first kappa shape index (κ1) is 20.6. The fraction of sp³-hybridized carbons (Fsp3) is 0.294. The molecule has 3 aromatic rings. The third-order valence-electron chi connectivity index (χ3n) is 4.37. The Balaban J connectivity index is 1.87. The lowest BCUT2D eigenvalue weighted by molar-refractivity contribution is -0.910. The summed E-state index contributed by atoms with van der Waals surface area (Å²) in [5.74, 6) is -0.240. The summed E-state index contributed by atoms with van der Waals surface area (Å²) in [4.78, 5) is 13.9. The molecule has 0 aliphatic heterocycles. The van der Waals surface area contributed by atoms with Gasteiger partial charge in [-0.1, -0.05) is 39.3 Å². The van der Waals surface area contributed by atoms with Gasteiger partial charge in [-0.2, -0.15) is 9.78 Å². The molecule has 0 atom stereocenters. The van der Waals surface area contributed by atoms with Gasteiger partial charge in [0.25, 0.3) is 5.91 Å². The maximum Gasteiger partial charge on any atom is 0.294 e. The van der Waals surface area contributed by atoms with Crippen molar-refractivity contribution in [3.63, 3.8) is 0 Å². The largest absolute Gasteiger partial charge is 0.378 e. The monoisotopic (exact) mass is 462 g/mol. The van der Waals surface area contributed by atoms with E-state index in [4.69, 9.17) is 5.73 Å². The average molecular weight is 463 g/mol. The van der Waals surface area contributed by atoms with Crippen molar-refractivity contribution >= 4 is 33.9 Å². The van der Waals surface area contributed by atoms with Crippen LogP contribution in [0.3, 0.4) is 0 Å². The number of halogens is 1. The van der Waals surface area contributed by atoms with E-state index in [2.05, 4.69) is 65.6 Å². The molecule has 29 heavy (non-hydrogen) atoms. The van der Waals surface area contributed by atoms with Gasteiger partial charge in [0.1, 0.15) is 12.2 Å². The number of hydrogen-bond donors (Lipinski definition) is 3. The second kappa shape index (κ2) is 9.39. The van der Waals surface area contributed by atoms with E-state index in [1.807, 2.05) is 24.3 Å². The van der Waals surface area contributed by atoms with E-state index in [1.165, 1.54) is 9.58 Å². The van der Waals surface area contributed by atoms with Crippen molar-refractivity contribution in [2.75, 3.05) is 18.8 Å². The first-order valence-electron chi connectivity index (χ1n) is 8.99. The molecule has 2 heterocycles. The Morgan fingerprint density at radius 2 is 2.10 bits per heavy atom. The molecule has 1 aromatic carbocycles. The van der Waals surface area contributed by atoms with Crippen molar-refractivity contribution < 1.29 is 14.3 Å². The molecular weight excluding hydrogens is 442 g/mol.